The van der Waals surface area contributed by atoms with Crippen molar-refractivity contribution >= 4 is 60.2 Å². The van der Waals surface area contributed by atoms with Crippen LogP contribution in [-0.4, -0.2) is 0 Å². The van der Waals surface area contributed by atoms with Crippen LogP contribution in [0.3, 0.4) is 0 Å². The van der Waals surface area contributed by atoms with E-state index in [-0.39, 0.29) is 0 Å². The highest BCUT2D eigenvalue weighted by molar-refractivity contribution is 6.12. The summed E-state index contributed by atoms with van der Waals surface area (Å²) in [6.45, 7) is 0. The standard InChI is InChI=1S/C52H41N/c1-2-15-37(16-3-1)45-28-11-20-39-21-12-30-49(52(39)45)48-26-8-9-31-51(48)53(50-32-13-19-36-17-5-7-25-44(36)50)41-23-10-22-40(35-41)43-27-14-29-46-42-24-6-4-18-38(42)33-34-47(43)46/h4-14,17-35,37H,1-3,15-16H2. The van der Waals surface area contributed by atoms with Gasteiger partial charge in [-0.25, -0.2) is 0 Å². The predicted molar refractivity (Wildman–Crippen MR) is 228 cm³/mol. The zero-order valence-corrected chi connectivity index (χ0v) is 29.9. The number of hydrogen-bond acceptors (Lipinski definition) is 1. The van der Waals surface area contributed by atoms with Gasteiger partial charge in [0.25, 0.3) is 0 Å². The Balaban J connectivity index is 1.21. The van der Waals surface area contributed by atoms with Gasteiger partial charge in [0.05, 0.1) is 11.4 Å². The Morgan fingerprint density at radius 3 is 1.87 bits per heavy atom. The van der Waals surface area contributed by atoms with Crippen molar-refractivity contribution in [3.05, 3.63) is 188 Å². The van der Waals surface area contributed by atoms with Crippen molar-refractivity contribution in [2.75, 3.05) is 4.90 Å². The summed E-state index contributed by atoms with van der Waals surface area (Å²) in [5.41, 5.74) is 9.99. The van der Waals surface area contributed by atoms with Crippen molar-refractivity contribution in [3.8, 4) is 22.3 Å². The molecule has 1 heteroatoms. The minimum atomic E-state index is 0.601. The second-order valence-electron chi connectivity index (χ2n) is 14.7. The highest BCUT2D eigenvalue weighted by atomic mass is 15.1. The summed E-state index contributed by atoms with van der Waals surface area (Å²) in [4.78, 5) is 2.50. The first-order chi connectivity index (χ1) is 26.3. The van der Waals surface area contributed by atoms with Crippen LogP contribution in [0.15, 0.2) is 182 Å². The molecule has 0 saturated heterocycles. The van der Waals surface area contributed by atoms with Gasteiger partial charge < -0.3 is 4.90 Å². The lowest BCUT2D eigenvalue weighted by molar-refractivity contribution is 0.445. The maximum Gasteiger partial charge on any atom is 0.0540 e. The number of hydrogen-bond donors (Lipinski definition) is 0. The molecule has 0 amide bonds. The Kier molecular flexibility index (Phi) is 7.99. The number of anilines is 3. The van der Waals surface area contributed by atoms with E-state index in [9.17, 15) is 0 Å². The molecule has 53 heavy (non-hydrogen) atoms. The van der Waals surface area contributed by atoms with Crippen molar-refractivity contribution in [3.63, 3.8) is 0 Å². The molecule has 1 fully saturated rings. The first-order valence-corrected chi connectivity index (χ1v) is 19.2. The van der Waals surface area contributed by atoms with Gasteiger partial charge in [-0.15, -0.1) is 0 Å². The van der Waals surface area contributed by atoms with E-state index < -0.39 is 0 Å². The zero-order chi connectivity index (χ0) is 35.1. The highest BCUT2D eigenvalue weighted by Gasteiger charge is 2.23. The molecule has 1 saturated carbocycles. The van der Waals surface area contributed by atoms with Crippen LogP contribution in [0.1, 0.15) is 43.6 Å². The highest BCUT2D eigenvalue weighted by Crippen LogP contribution is 2.47. The lowest BCUT2D eigenvalue weighted by atomic mass is 9.80. The van der Waals surface area contributed by atoms with Crippen molar-refractivity contribution in [1.29, 1.82) is 0 Å². The molecule has 1 aliphatic rings. The van der Waals surface area contributed by atoms with E-state index >= 15 is 0 Å². The van der Waals surface area contributed by atoms with E-state index in [0.717, 1.165) is 5.69 Å². The number of para-hydroxylation sites is 1. The molecule has 0 radical (unpaired) electrons. The van der Waals surface area contributed by atoms with Gasteiger partial charge in [-0.05, 0) is 103 Å². The number of benzene rings is 9. The predicted octanol–water partition coefficient (Wildman–Crippen LogP) is 15.2. The smallest absolute Gasteiger partial charge is 0.0540 e. The van der Waals surface area contributed by atoms with E-state index in [0.29, 0.717) is 5.92 Å². The lowest BCUT2D eigenvalue weighted by Gasteiger charge is -2.30. The molecule has 0 N–H and O–H groups in total. The van der Waals surface area contributed by atoms with Crippen LogP contribution in [0, 0.1) is 0 Å². The molecule has 254 valence electrons. The van der Waals surface area contributed by atoms with Gasteiger partial charge >= 0.3 is 0 Å². The third-order valence-corrected chi connectivity index (χ3v) is 11.6. The van der Waals surface area contributed by atoms with E-state index in [2.05, 4.69) is 187 Å². The van der Waals surface area contributed by atoms with Gasteiger partial charge in [-0.3, -0.25) is 0 Å². The summed E-state index contributed by atoms with van der Waals surface area (Å²) < 4.78 is 0. The fourth-order valence-corrected chi connectivity index (χ4v) is 9.16. The van der Waals surface area contributed by atoms with Crippen molar-refractivity contribution in [2.24, 2.45) is 0 Å². The number of fused-ring (bicyclic) bond motifs is 5. The SMILES string of the molecule is c1cc(-c2cccc3c2ccc2ccccc23)cc(N(c2ccccc2-c2cccc3cccc(C4CCCCC4)c23)c2cccc3ccccc23)c1. The fourth-order valence-electron chi connectivity index (χ4n) is 9.16. The molecule has 9 aromatic rings. The first kappa shape index (κ1) is 31.5. The van der Waals surface area contributed by atoms with Crippen LogP contribution < -0.4 is 4.90 Å². The van der Waals surface area contributed by atoms with Crippen LogP contribution in [0.5, 0.6) is 0 Å². The molecule has 0 spiro atoms. The van der Waals surface area contributed by atoms with Gasteiger partial charge in [-0.1, -0.05) is 177 Å². The molecular weight excluding hydrogens is 639 g/mol. The third-order valence-electron chi connectivity index (χ3n) is 11.6. The summed E-state index contributed by atoms with van der Waals surface area (Å²) >= 11 is 0. The van der Waals surface area contributed by atoms with E-state index in [1.807, 2.05) is 0 Å². The second kappa shape index (κ2) is 13.4. The molecule has 0 aliphatic heterocycles. The molecule has 0 aromatic heterocycles. The van der Waals surface area contributed by atoms with Crippen LogP contribution in [-0.2, 0) is 0 Å². The molecular formula is C52H41N. The lowest BCUT2D eigenvalue weighted by Crippen LogP contribution is -2.12. The van der Waals surface area contributed by atoms with Crippen molar-refractivity contribution in [1.82, 2.24) is 0 Å². The van der Waals surface area contributed by atoms with E-state index in [1.165, 1.54) is 114 Å². The summed E-state index contributed by atoms with van der Waals surface area (Å²) in [5.74, 6) is 0.601. The molecule has 10 rings (SSSR count). The molecule has 0 unspecified atom stereocenters. The summed E-state index contributed by atoms with van der Waals surface area (Å²) in [6, 6.07) is 67.6. The van der Waals surface area contributed by atoms with Crippen LogP contribution in [0.4, 0.5) is 17.1 Å². The average Bonchev–Trinajstić information content (AvgIpc) is 3.24. The van der Waals surface area contributed by atoms with Gasteiger partial charge in [0, 0.05) is 16.6 Å². The quantitative estimate of drug-likeness (QED) is 0.158. The Bertz CT molecular complexity index is 2780. The fraction of sp³-hybridized carbons (Fsp3) is 0.115. The normalized spacial score (nSPS) is 13.6. The molecule has 1 nitrogen and oxygen atoms in total. The maximum absolute atomic E-state index is 2.50. The Labute approximate surface area is 311 Å². The number of rotatable bonds is 6. The van der Waals surface area contributed by atoms with Gasteiger partial charge in [-0.2, -0.15) is 0 Å². The Hall–Kier alpha value is -6.18. The average molecular weight is 680 g/mol. The number of nitrogens with zero attached hydrogens (tertiary/aromatic N) is 1. The van der Waals surface area contributed by atoms with Crippen LogP contribution >= 0.6 is 0 Å². The first-order valence-electron chi connectivity index (χ1n) is 19.2. The largest absolute Gasteiger partial charge is 0.309 e. The minimum absolute atomic E-state index is 0.601. The topological polar surface area (TPSA) is 3.24 Å². The summed E-state index contributed by atoms with van der Waals surface area (Å²) in [6.07, 6.45) is 6.53. The van der Waals surface area contributed by atoms with Gasteiger partial charge in [0.1, 0.15) is 0 Å². The van der Waals surface area contributed by atoms with Crippen LogP contribution in [0.25, 0.3) is 65.3 Å². The van der Waals surface area contributed by atoms with Gasteiger partial charge in [0.2, 0.25) is 0 Å². The van der Waals surface area contributed by atoms with Crippen molar-refractivity contribution in [2.45, 2.75) is 38.0 Å². The third kappa shape index (κ3) is 5.56. The molecule has 0 bridgehead atoms. The van der Waals surface area contributed by atoms with Crippen molar-refractivity contribution < 1.29 is 0 Å². The zero-order valence-electron chi connectivity index (χ0n) is 29.9. The minimum Gasteiger partial charge on any atom is -0.309 e. The van der Waals surface area contributed by atoms with Gasteiger partial charge in [0.15, 0.2) is 0 Å². The summed E-state index contributed by atoms with van der Waals surface area (Å²) in [5, 5.41) is 10.3. The monoisotopic (exact) mass is 679 g/mol. The Morgan fingerprint density at radius 2 is 0.981 bits per heavy atom. The molecule has 0 heterocycles. The Morgan fingerprint density at radius 1 is 0.377 bits per heavy atom. The van der Waals surface area contributed by atoms with Crippen LogP contribution in [0.2, 0.25) is 0 Å². The molecule has 1 aliphatic carbocycles. The maximum atomic E-state index is 2.50. The van der Waals surface area contributed by atoms with E-state index in [1.54, 1.807) is 0 Å². The van der Waals surface area contributed by atoms with E-state index in [4.69, 9.17) is 0 Å². The molecule has 9 aromatic carbocycles. The summed E-state index contributed by atoms with van der Waals surface area (Å²) in [7, 11) is 0. The molecule has 0 atom stereocenters. The second-order valence-corrected chi connectivity index (χ2v) is 14.7.